The van der Waals surface area contributed by atoms with Crippen LogP contribution in [0.5, 0.6) is 5.75 Å². The molecule has 0 aliphatic carbocycles. The van der Waals surface area contributed by atoms with E-state index in [1.54, 1.807) is 31.0 Å². The van der Waals surface area contributed by atoms with Crippen molar-refractivity contribution in [2.45, 2.75) is 0 Å². The van der Waals surface area contributed by atoms with Gasteiger partial charge in [0.25, 0.3) is 0 Å². The van der Waals surface area contributed by atoms with E-state index in [1.807, 2.05) is 30.3 Å². The SMILES string of the molecule is COc1ccc(N=C2NN=C(c3ccc(Cl)cc3Cl)CS2)cc1. The zero-order valence-corrected chi connectivity index (χ0v) is 14.5. The molecule has 0 bridgehead atoms. The van der Waals surface area contributed by atoms with Gasteiger partial charge in [-0.25, -0.2) is 4.99 Å². The standard InChI is InChI=1S/C16H13Cl2N3OS/c1-22-12-5-3-11(4-6-12)19-16-21-20-15(9-23-16)13-7-2-10(17)8-14(13)18/h2-8H,9H2,1H3,(H,19,21). The largest absolute Gasteiger partial charge is 0.497 e. The average Bonchev–Trinajstić information content (AvgIpc) is 2.57. The van der Waals surface area contributed by atoms with Crippen LogP contribution in [0.2, 0.25) is 10.0 Å². The van der Waals surface area contributed by atoms with Gasteiger partial charge in [-0.2, -0.15) is 5.10 Å². The van der Waals surface area contributed by atoms with Crippen LogP contribution in [-0.2, 0) is 0 Å². The van der Waals surface area contributed by atoms with E-state index < -0.39 is 0 Å². The quantitative estimate of drug-likeness (QED) is 0.854. The topological polar surface area (TPSA) is 46.0 Å². The number of aliphatic imine (C=N–C) groups is 1. The number of hydrogen-bond acceptors (Lipinski definition) is 4. The van der Waals surface area contributed by atoms with Gasteiger partial charge in [0.15, 0.2) is 5.17 Å². The number of rotatable bonds is 3. The molecule has 2 aromatic carbocycles. The number of ether oxygens (including phenoxy) is 1. The molecule has 1 aliphatic heterocycles. The van der Waals surface area contributed by atoms with Crippen molar-refractivity contribution in [3.8, 4) is 5.75 Å². The third kappa shape index (κ3) is 3.99. The van der Waals surface area contributed by atoms with Crippen LogP contribution in [-0.4, -0.2) is 23.7 Å². The molecule has 0 saturated carbocycles. The minimum absolute atomic E-state index is 0.592. The van der Waals surface area contributed by atoms with Gasteiger partial charge in [0, 0.05) is 16.3 Å². The number of amidine groups is 1. The fraction of sp³-hybridized carbons (Fsp3) is 0.125. The Hall–Kier alpha value is -1.69. The lowest BCUT2D eigenvalue weighted by Crippen LogP contribution is -2.25. The van der Waals surface area contributed by atoms with Crippen LogP contribution in [0.3, 0.4) is 0 Å². The van der Waals surface area contributed by atoms with E-state index >= 15 is 0 Å². The van der Waals surface area contributed by atoms with Gasteiger partial charge in [-0.05, 0) is 36.4 Å². The van der Waals surface area contributed by atoms with Gasteiger partial charge in [0.1, 0.15) is 5.75 Å². The fourth-order valence-electron chi connectivity index (χ4n) is 2.01. The monoisotopic (exact) mass is 365 g/mol. The zero-order chi connectivity index (χ0) is 16.2. The van der Waals surface area contributed by atoms with E-state index in [0.29, 0.717) is 15.8 Å². The van der Waals surface area contributed by atoms with Crippen LogP contribution in [0.25, 0.3) is 0 Å². The predicted octanol–water partition coefficient (Wildman–Crippen LogP) is 4.73. The Morgan fingerprint density at radius 3 is 2.57 bits per heavy atom. The lowest BCUT2D eigenvalue weighted by Gasteiger charge is -2.15. The fourth-order valence-corrected chi connectivity index (χ4v) is 3.30. The molecule has 0 radical (unpaired) electrons. The van der Waals surface area contributed by atoms with Crippen molar-refractivity contribution >= 4 is 51.5 Å². The van der Waals surface area contributed by atoms with Gasteiger partial charge >= 0.3 is 0 Å². The van der Waals surface area contributed by atoms with Crippen molar-refractivity contribution < 1.29 is 4.74 Å². The maximum Gasteiger partial charge on any atom is 0.182 e. The molecule has 4 nitrogen and oxygen atoms in total. The zero-order valence-electron chi connectivity index (χ0n) is 12.2. The third-order valence-corrected chi connectivity index (χ3v) is 4.60. The number of methoxy groups -OCH3 is 1. The summed E-state index contributed by atoms with van der Waals surface area (Å²) < 4.78 is 5.13. The van der Waals surface area contributed by atoms with Gasteiger partial charge in [-0.15, -0.1) is 0 Å². The van der Waals surface area contributed by atoms with E-state index in [-0.39, 0.29) is 0 Å². The maximum atomic E-state index is 6.21. The van der Waals surface area contributed by atoms with Crippen molar-refractivity contribution in [3.63, 3.8) is 0 Å². The van der Waals surface area contributed by atoms with Crippen molar-refractivity contribution in [1.82, 2.24) is 5.43 Å². The van der Waals surface area contributed by atoms with Crippen LogP contribution >= 0.6 is 35.0 Å². The summed E-state index contributed by atoms with van der Waals surface area (Å²) in [7, 11) is 1.64. The van der Waals surface area contributed by atoms with Crippen LogP contribution in [0.15, 0.2) is 52.6 Å². The number of benzene rings is 2. The molecule has 1 heterocycles. The number of thioether (sulfide) groups is 1. The van der Waals surface area contributed by atoms with E-state index in [9.17, 15) is 0 Å². The first kappa shape index (κ1) is 16.2. The highest BCUT2D eigenvalue weighted by Gasteiger charge is 2.15. The van der Waals surface area contributed by atoms with Crippen molar-refractivity contribution in [2.75, 3.05) is 12.9 Å². The van der Waals surface area contributed by atoms with Gasteiger partial charge in [0.2, 0.25) is 0 Å². The molecular weight excluding hydrogens is 353 g/mol. The Labute approximate surface area is 148 Å². The van der Waals surface area contributed by atoms with Crippen LogP contribution in [0, 0.1) is 0 Å². The van der Waals surface area contributed by atoms with Crippen molar-refractivity contribution in [2.24, 2.45) is 10.1 Å². The summed E-state index contributed by atoms with van der Waals surface area (Å²) in [5.74, 6) is 1.49. The highest BCUT2D eigenvalue weighted by molar-refractivity contribution is 8.14. The smallest absolute Gasteiger partial charge is 0.182 e. The molecule has 0 atom stereocenters. The first-order chi connectivity index (χ1) is 11.2. The summed E-state index contributed by atoms with van der Waals surface area (Å²) in [6, 6.07) is 12.9. The molecule has 1 N–H and O–H groups in total. The summed E-state index contributed by atoms with van der Waals surface area (Å²) in [6.07, 6.45) is 0. The molecule has 1 aliphatic rings. The first-order valence-electron chi connectivity index (χ1n) is 6.79. The van der Waals surface area contributed by atoms with Crippen molar-refractivity contribution in [1.29, 1.82) is 0 Å². The number of hydrazone groups is 1. The molecule has 118 valence electrons. The number of nitrogens with zero attached hydrogens (tertiary/aromatic N) is 2. The summed E-state index contributed by atoms with van der Waals surface area (Å²) in [6.45, 7) is 0. The van der Waals surface area contributed by atoms with E-state index in [2.05, 4.69) is 15.5 Å². The summed E-state index contributed by atoms with van der Waals surface area (Å²) >= 11 is 13.7. The Bertz CT molecular complexity index is 775. The Morgan fingerprint density at radius 2 is 1.96 bits per heavy atom. The van der Waals surface area contributed by atoms with Crippen LogP contribution < -0.4 is 10.2 Å². The molecular formula is C16H13Cl2N3OS. The number of nitrogens with one attached hydrogen (secondary N) is 1. The minimum atomic E-state index is 0.592. The second-order valence-electron chi connectivity index (χ2n) is 4.70. The number of hydrogen-bond donors (Lipinski definition) is 1. The lowest BCUT2D eigenvalue weighted by molar-refractivity contribution is 0.415. The van der Waals surface area contributed by atoms with E-state index in [4.69, 9.17) is 27.9 Å². The summed E-state index contributed by atoms with van der Waals surface area (Å²) in [5.41, 5.74) is 5.54. The molecule has 0 amide bonds. The second kappa shape index (κ2) is 7.25. The minimum Gasteiger partial charge on any atom is -0.497 e. The van der Waals surface area contributed by atoms with Crippen LogP contribution in [0.1, 0.15) is 5.56 Å². The maximum absolute atomic E-state index is 6.21. The second-order valence-corrected chi connectivity index (χ2v) is 6.51. The first-order valence-corrected chi connectivity index (χ1v) is 8.53. The van der Waals surface area contributed by atoms with E-state index in [1.165, 1.54) is 0 Å². The molecule has 23 heavy (non-hydrogen) atoms. The van der Waals surface area contributed by atoms with Gasteiger partial charge in [0.05, 0.1) is 23.5 Å². The molecule has 0 unspecified atom stereocenters. The van der Waals surface area contributed by atoms with Gasteiger partial charge in [-0.3, -0.25) is 5.43 Å². The molecule has 0 saturated heterocycles. The molecule has 0 aromatic heterocycles. The molecule has 3 rings (SSSR count). The molecule has 7 heteroatoms. The number of halogens is 2. The van der Waals surface area contributed by atoms with Gasteiger partial charge < -0.3 is 4.74 Å². The Kier molecular flexibility index (Phi) is 5.10. The third-order valence-electron chi connectivity index (χ3n) is 3.18. The van der Waals surface area contributed by atoms with E-state index in [0.717, 1.165) is 27.9 Å². The predicted molar refractivity (Wildman–Crippen MR) is 98.7 cm³/mol. The molecule has 2 aromatic rings. The summed E-state index contributed by atoms with van der Waals surface area (Å²) in [4.78, 5) is 4.51. The highest BCUT2D eigenvalue weighted by atomic mass is 35.5. The van der Waals surface area contributed by atoms with Crippen molar-refractivity contribution in [3.05, 3.63) is 58.1 Å². The molecule has 0 spiro atoms. The summed E-state index contributed by atoms with van der Waals surface area (Å²) in [5, 5.41) is 6.30. The van der Waals surface area contributed by atoms with Gasteiger partial charge in [-0.1, -0.05) is 41.0 Å². The average molecular weight is 366 g/mol. The van der Waals surface area contributed by atoms with Crippen LogP contribution in [0.4, 0.5) is 5.69 Å². The Morgan fingerprint density at radius 1 is 1.17 bits per heavy atom. The normalized spacial score (nSPS) is 16.0. The molecule has 0 fully saturated rings. The highest BCUT2D eigenvalue weighted by Crippen LogP contribution is 2.25. The lowest BCUT2D eigenvalue weighted by atomic mass is 10.1. The Balaban J connectivity index is 1.75.